The van der Waals surface area contributed by atoms with Crippen LogP contribution in [0.1, 0.15) is 46.0 Å². The third kappa shape index (κ3) is 5.52. The molecule has 2 aliphatic heterocycles. The van der Waals surface area contributed by atoms with E-state index >= 15 is 0 Å². The Kier molecular flexibility index (Phi) is 7.12. The molecule has 1 N–H and O–H groups in total. The zero-order valence-corrected chi connectivity index (χ0v) is 14.2. The van der Waals surface area contributed by atoms with Gasteiger partial charge in [-0.15, -0.1) is 0 Å². The first kappa shape index (κ1) is 17.7. The number of hydrogen-bond donors (Lipinski definition) is 1. The van der Waals surface area contributed by atoms with Crippen molar-refractivity contribution in [1.29, 1.82) is 0 Å². The van der Waals surface area contributed by atoms with Crippen LogP contribution in [0.3, 0.4) is 0 Å². The summed E-state index contributed by atoms with van der Waals surface area (Å²) >= 11 is 0. The molecular weight excluding hydrogens is 280 g/mol. The van der Waals surface area contributed by atoms with Gasteiger partial charge in [0.15, 0.2) is 0 Å². The average molecular weight is 312 g/mol. The summed E-state index contributed by atoms with van der Waals surface area (Å²) in [6.07, 6.45) is 5.15. The average Bonchev–Trinajstić information content (AvgIpc) is 2.54. The molecule has 0 aromatic heterocycles. The van der Waals surface area contributed by atoms with E-state index in [4.69, 9.17) is 4.74 Å². The number of rotatable bonds is 6. The fourth-order valence-corrected chi connectivity index (χ4v) is 3.39. The van der Waals surface area contributed by atoms with Crippen LogP contribution in [-0.4, -0.2) is 72.4 Å². The van der Waals surface area contributed by atoms with Crippen molar-refractivity contribution in [2.24, 2.45) is 5.92 Å². The van der Waals surface area contributed by atoms with Gasteiger partial charge in [-0.05, 0) is 59.0 Å². The van der Waals surface area contributed by atoms with E-state index in [1.54, 1.807) is 0 Å². The van der Waals surface area contributed by atoms with Crippen LogP contribution in [0.4, 0.5) is 0 Å². The lowest BCUT2D eigenvalue weighted by atomic mass is 9.94. The number of amides is 1. The third-order valence-electron chi connectivity index (χ3n) is 4.70. The van der Waals surface area contributed by atoms with Gasteiger partial charge in [-0.1, -0.05) is 0 Å². The molecule has 0 bridgehead atoms. The van der Waals surface area contributed by atoms with Gasteiger partial charge in [0, 0.05) is 25.6 Å². The lowest BCUT2D eigenvalue weighted by Gasteiger charge is -2.36. The summed E-state index contributed by atoms with van der Waals surface area (Å²) in [4.78, 5) is 16.8. The quantitative estimate of drug-likeness (QED) is 0.807. The number of β-amino-alcohol motifs (C(OH)–C–C–N with tert-alkyl or cyclic N) is 1. The van der Waals surface area contributed by atoms with Gasteiger partial charge in [0.05, 0.1) is 18.8 Å². The van der Waals surface area contributed by atoms with Crippen LogP contribution in [0.2, 0.25) is 0 Å². The molecule has 0 saturated carbocycles. The zero-order chi connectivity index (χ0) is 15.9. The second-order valence-corrected chi connectivity index (χ2v) is 7.00. The normalized spacial score (nSPS) is 23.0. The van der Waals surface area contributed by atoms with Gasteiger partial charge >= 0.3 is 0 Å². The largest absolute Gasteiger partial charge is 0.389 e. The highest BCUT2D eigenvalue weighted by atomic mass is 16.5. The van der Waals surface area contributed by atoms with E-state index in [1.165, 1.54) is 6.42 Å². The second kappa shape index (κ2) is 8.85. The predicted octanol–water partition coefficient (Wildman–Crippen LogP) is 1.50. The van der Waals surface area contributed by atoms with Crippen molar-refractivity contribution in [3.8, 4) is 0 Å². The topological polar surface area (TPSA) is 53.0 Å². The molecule has 5 nitrogen and oxygen atoms in total. The highest BCUT2D eigenvalue weighted by Gasteiger charge is 2.29. The molecule has 0 spiro atoms. The van der Waals surface area contributed by atoms with Gasteiger partial charge in [0.25, 0.3) is 0 Å². The molecular formula is C17H32N2O3. The zero-order valence-electron chi connectivity index (χ0n) is 14.2. The number of carbonyl (C=O) groups excluding carboxylic acids is 1. The maximum atomic E-state index is 12.5. The highest BCUT2D eigenvalue weighted by Crippen LogP contribution is 2.22. The molecule has 0 aliphatic carbocycles. The Bertz CT molecular complexity index is 335. The van der Waals surface area contributed by atoms with Crippen LogP contribution in [0.5, 0.6) is 0 Å². The minimum atomic E-state index is -0.434. The molecule has 128 valence electrons. The lowest BCUT2D eigenvalue weighted by Crippen LogP contribution is -2.46. The van der Waals surface area contributed by atoms with Crippen LogP contribution in [-0.2, 0) is 9.53 Å². The molecule has 22 heavy (non-hydrogen) atoms. The standard InChI is InChI=1S/C17H32N2O3/c1-14(2)22-13-16(20)12-18-10-6-15(7-11-18)17(21)19-8-4-3-5-9-19/h14-16,20H,3-13H2,1-2H3. The van der Waals surface area contributed by atoms with Crippen LogP contribution < -0.4 is 0 Å². The highest BCUT2D eigenvalue weighted by molar-refractivity contribution is 5.79. The number of nitrogens with zero attached hydrogens (tertiary/aromatic N) is 2. The molecule has 1 unspecified atom stereocenters. The molecule has 2 saturated heterocycles. The van der Waals surface area contributed by atoms with Gasteiger partial charge in [-0.25, -0.2) is 0 Å². The molecule has 0 radical (unpaired) electrons. The smallest absolute Gasteiger partial charge is 0.225 e. The van der Waals surface area contributed by atoms with E-state index in [0.717, 1.165) is 51.9 Å². The summed E-state index contributed by atoms with van der Waals surface area (Å²) in [5.74, 6) is 0.557. The summed E-state index contributed by atoms with van der Waals surface area (Å²) in [6.45, 7) is 8.71. The molecule has 2 rings (SSSR count). The van der Waals surface area contributed by atoms with Crippen molar-refractivity contribution in [2.75, 3.05) is 39.3 Å². The maximum absolute atomic E-state index is 12.5. The third-order valence-corrected chi connectivity index (χ3v) is 4.70. The number of ether oxygens (including phenoxy) is 1. The number of aliphatic hydroxyl groups is 1. The fraction of sp³-hybridized carbons (Fsp3) is 0.941. The van der Waals surface area contributed by atoms with Gasteiger partial charge in [0.1, 0.15) is 0 Å². The Morgan fingerprint density at radius 3 is 2.36 bits per heavy atom. The molecule has 1 atom stereocenters. The number of piperidine rings is 2. The van der Waals surface area contributed by atoms with Crippen LogP contribution >= 0.6 is 0 Å². The Morgan fingerprint density at radius 2 is 1.77 bits per heavy atom. The van der Waals surface area contributed by atoms with Crippen molar-refractivity contribution >= 4 is 5.91 Å². The summed E-state index contributed by atoms with van der Waals surface area (Å²) in [5.41, 5.74) is 0. The minimum Gasteiger partial charge on any atom is -0.389 e. The molecule has 2 fully saturated rings. The second-order valence-electron chi connectivity index (χ2n) is 7.00. The SMILES string of the molecule is CC(C)OCC(O)CN1CCC(C(=O)N2CCCCC2)CC1. The number of hydrogen-bond acceptors (Lipinski definition) is 4. The first-order valence-electron chi connectivity index (χ1n) is 8.87. The molecule has 2 aliphatic rings. The number of likely N-dealkylation sites (tertiary alicyclic amines) is 2. The first-order chi connectivity index (χ1) is 10.6. The van der Waals surface area contributed by atoms with Gasteiger partial charge in [-0.2, -0.15) is 0 Å². The van der Waals surface area contributed by atoms with Crippen molar-refractivity contribution in [3.63, 3.8) is 0 Å². The summed E-state index contributed by atoms with van der Waals surface area (Å²) in [6, 6.07) is 0. The Morgan fingerprint density at radius 1 is 1.14 bits per heavy atom. The molecule has 0 aromatic rings. The maximum Gasteiger partial charge on any atom is 0.225 e. The van der Waals surface area contributed by atoms with Crippen LogP contribution in [0.25, 0.3) is 0 Å². The molecule has 2 heterocycles. The molecule has 1 amide bonds. The van der Waals surface area contributed by atoms with E-state index in [0.29, 0.717) is 19.1 Å². The van der Waals surface area contributed by atoms with Gasteiger partial charge in [0.2, 0.25) is 5.91 Å². The van der Waals surface area contributed by atoms with Gasteiger partial charge in [-0.3, -0.25) is 4.79 Å². The first-order valence-corrected chi connectivity index (χ1v) is 8.87. The monoisotopic (exact) mass is 312 g/mol. The summed E-state index contributed by atoms with van der Waals surface area (Å²) in [5, 5.41) is 9.99. The summed E-state index contributed by atoms with van der Waals surface area (Å²) in [7, 11) is 0. The Balaban J connectivity index is 1.67. The molecule has 5 heteroatoms. The summed E-state index contributed by atoms with van der Waals surface area (Å²) < 4.78 is 5.45. The van der Waals surface area contributed by atoms with E-state index in [2.05, 4.69) is 9.80 Å². The Hall–Kier alpha value is -0.650. The minimum absolute atomic E-state index is 0.155. The van der Waals surface area contributed by atoms with E-state index in [9.17, 15) is 9.90 Å². The van der Waals surface area contributed by atoms with E-state index < -0.39 is 6.10 Å². The van der Waals surface area contributed by atoms with Crippen molar-refractivity contribution in [3.05, 3.63) is 0 Å². The van der Waals surface area contributed by atoms with E-state index in [-0.39, 0.29) is 12.0 Å². The lowest BCUT2D eigenvalue weighted by molar-refractivity contribution is -0.138. The van der Waals surface area contributed by atoms with Crippen LogP contribution in [0.15, 0.2) is 0 Å². The van der Waals surface area contributed by atoms with Crippen molar-refractivity contribution < 1.29 is 14.6 Å². The van der Waals surface area contributed by atoms with Gasteiger partial charge < -0.3 is 19.6 Å². The number of aliphatic hydroxyl groups excluding tert-OH is 1. The van der Waals surface area contributed by atoms with Crippen molar-refractivity contribution in [1.82, 2.24) is 9.80 Å². The fourth-order valence-electron chi connectivity index (χ4n) is 3.39. The predicted molar refractivity (Wildman–Crippen MR) is 86.7 cm³/mol. The van der Waals surface area contributed by atoms with E-state index in [1.807, 2.05) is 13.8 Å². The van der Waals surface area contributed by atoms with Crippen molar-refractivity contribution in [2.45, 2.75) is 58.2 Å². The molecule has 0 aromatic carbocycles. The number of carbonyl (C=O) groups is 1. The van der Waals surface area contributed by atoms with Crippen LogP contribution in [0, 0.1) is 5.92 Å². The Labute approximate surface area is 134 Å².